The zero-order valence-corrected chi connectivity index (χ0v) is 10.7. The lowest BCUT2D eigenvalue weighted by atomic mass is 10.3. The van der Waals surface area contributed by atoms with E-state index in [0.29, 0.717) is 19.8 Å². The van der Waals surface area contributed by atoms with Gasteiger partial charge in [0.25, 0.3) is 0 Å². The van der Waals surface area contributed by atoms with Crippen LogP contribution >= 0.6 is 0 Å². The van der Waals surface area contributed by atoms with Gasteiger partial charge in [-0.25, -0.2) is 8.78 Å². The molecule has 3 nitrogen and oxygen atoms in total. The largest absolute Gasteiger partial charge is 0.380 e. The maximum absolute atomic E-state index is 12.6. The summed E-state index contributed by atoms with van der Waals surface area (Å²) in [5, 5.41) is 3.04. The van der Waals surface area contributed by atoms with Gasteiger partial charge in [0, 0.05) is 6.61 Å². The summed E-state index contributed by atoms with van der Waals surface area (Å²) in [7, 11) is 0. The highest BCUT2D eigenvalue weighted by Crippen LogP contribution is 2.22. The molecule has 0 spiro atoms. The van der Waals surface area contributed by atoms with Crippen LogP contribution in [0, 0.1) is 0 Å². The zero-order chi connectivity index (χ0) is 14.0. The van der Waals surface area contributed by atoms with Crippen molar-refractivity contribution in [3.8, 4) is 0 Å². The van der Waals surface area contributed by atoms with Gasteiger partial charge in [0.2, 0.25) is 0 Å². The van der Waals surface area contributed by atoms with Gasteiger partial charge in [-0.1, -0.05) is 6.92 Å². The van der Waals surface area contributed by atoms with Crippen LogP contribution in [0.15, 0.2) is 0 Å². The van der Waals surface area contributed by atoms with E-state index in [1.165, 1.54) is 0 Å². The molecular weight excluding hydrogens is 254 g/mol. The standard InChI is InChI=1S/C11H21F4NO2/c1-3-5-16-9(6-17-4-2)7-18-8-11(14,15)10(12)13/h9-10,16H,3-8H2,1-2H3. The van der Waals surface area contributed by atoms with Crippen molar-refractivity contribution in [1.82, 2.24) is 5.32 Å². The molecule has 0 fully saturated rings. The molecule has 0 bridgehead atoms. The first-order valence-corrected chi connectivity index (χ1v) is 5.98. The molecule has 1 unspecified atom stereocenters. The van der Waals surface area contributed by atoms with Gasteiger partial charge in [0.05, 0.1) is 19.3 Å². The maximum atomic E-state index is 12.6. The van der Waals surface area contributed by atoms with Crippen LogP contribution in [0.1, 0.15) is 20.3 Å². The lowest BCUT2D eigenvalue weighted by Gasteiger charge is -2.20. The first kappa shape index (κ1) is 17.6. The molecule has 0 amide bonds. The minimum atomic E-state index is -4.10. The minimum Gasteiger partial charge on any atom is -0.380 e. The van der Waals surface area contributed by atoms with Gasteiger partial charge in [-0.2, -0.15) is 8.78 Å². The number of nitrogens with one attached hydrogen (secondary N) is 1. The smallest absolute Gasteiger partial charge is 0.330 e. The number of hydrogen-bond acceptors (Lipinski definition) is 3. The van der Waals surface area contributed by atoms with Crippen LogP contribution in [0.5, 0.6) is 0 Å². The summed E-state index contributed by atoms with van der Waals surface area (Å²) in [6.07, 6.45) is -2.83. The van der Waals surface area contributed by atoms with Gasteiger partial charge >= 0.3 is 12.3 Å². The Balaban J connectivity index is 3.93. The summed E-state index contributed by atoms with van der Waals surface area (Å²) in [6.45, 7) is 3.89. The number of alkyl halides is 4. The molecule has 0 saturated heterocycles. The second-order valence-corrected chi connectivity index (χ2v) is 3.89. The van der Waals surface area contributed by atoms with E-state index in [9.17, 15) is 17.6 Å². The Morgan fingerprint density at radius 1 is 1.11 bits per heavy atom. The first-order valence-electron chi connectivity index (χ1n) is 5.98. The van der Waals surface area contributed by atoms with Crippen LogP contribution in [-0.4, -0.2) is 51.4 Å². The van der Waals surface area contributed by atoms with E-state index in [1.54, 1.807) is 0 Å². The summed E-state index contributed by atoms with van der Waals surface area (Å²) < 4.78 is 58.7. The molecule has 0 aliphatic rings. The summed E-state index contributed by atoms with van der Waals surface area (Å²) in [6, 6.07) is -0.265. The van der Waals surface area contributed by atoms with Gasteiger partial charge in [-0.05, 0) is 19.9 Å². The predicted molar refractivity (Wildman–Crippen MR) is 60.3 cm³/mol. The number of rotatable bonds is 11. The summed E-state index contributed by atoms with van der Waals surface area (Å²) in [5.41, 5.74) is 0. The predicted octanol–water partition coefficient (Wildman–Crippen LogP) is 2.31. The molecule has 0 aliphatic carbocycles. The van der Waals surface area contributed by atoms with Crippen molar-refractivity contribution in [3.63, 3.8) is 0 Å². The molecule has 0 saturated carbocycles. The molecule has 0 aromatic carbocycles. The molecule has 0 aromatic rings. The monoisotopic (exact) mass is 275 g/mol. The lowest BCUT2D eigenvalue weighted by Crippen LogP contribution is -2.40. The molecule has 0 radical (unpaired) electrons. The number of halogens is 4. The highest BCUT2D eigenvalue weighted by Gasteiger charge is 2.41. The van der Waals surface area contributed by atoms with Crippen LogP contribution in [0.4, 0.5) is 17.6 Å². The fourth-order valence-corrected chi connectivity index (χ4v) is 1.17. The van der Waals surface area contributed by atoms with Gasteiger partial charge in [0.15, 0.2) is 0 Å². The van der Waals surface area contributed by atoms with Gasteiger partial charge in [-0.15, -0.1) is 0 Å². The van der Waals surface area contributed by atoms with Gasteiger partial charge in [0.1, 0.15) is 6.61 Å². The van der Waals surface area contributed by atoms with E-state index < -0.39 is 19.0 Å². The van der Waals surface area contributed by atoms with Crippen molar-refractivity contribution < 1.29 is 27.0 Å². The number of hydrogen-bond donors (Lipinski definition) is 1. The van der Waals surface area contributed by atoms with Crippen molar-refractivity contribution in [2.24, 2.45) is 0 Å². The van der Waals surface area contributed by atoms with Crippen LogP contribution in [0.2, 0.25) is 0 Å². The molecule has 1 atom stereocenters. The molecule has 1 N–H and O–H groups in total. The fourth-order valence-electron chi connectivity index (χ4n) is 1.17. The third-order valence-corrected chi connectivity index (χ3v) is 2.14. The minimum absolute atomic E-state index is 0.0810. The fraction of sp³-hybridized carbons (Fsp3) is 1.00. The summed E-state index contributed by atoms with van der Waals surface area (Å²) in [4.78, 5) is 0. The SMILES string of the molecule is CCCNC(COCC)COCC(F)(F)C(F)F. The quantitative estimate of drug-likeness (QED) is 0.587. The van der Waals surface area contributed by atoms with E-state index in [2.05, 4.69) is 10.1 Å². The molecule has 110 valence electrons. The molecule has 18 heavy (non-hydrogen) atoms. The Morgan fingerprint density at radius 2 is 1.72 bits per heavy atom. The van der Waals surface area contributed by atoms with Crippen LogP contribution in [-0.2, 0) is 9.47 Å². The van der Waals surface area contributed by atoms with Gasteiger partial charge < -0.3 is 14.8 Å². The van der Waals surface area contributed by atoms with Crippen molar-refractivity contribution in [1.29, 1.82) is 0 Å². The maximum Gasteiger partial charge on any atom is 0.330 e. The Kier molecular flexibility index (Phi) is 9.31. The van der Waals surface area contributed by atoms with E-state index in [-0.39, 0.29) is 12.6 Å². The van der Waals surface area contributed by atoms with Crippen molar-refractivity contribution in [2.75, 3.05) is 33.0 Å². The molecule has 0 heterocycles. The molecular formula is C11H21F4NO2. The molecule has 0 aromatic heterocycles. The van der Waals surface area contributed by atoms with Crippen molar-refractivity contribution in [2.45, 2.75) is 38.7 Å². The average molecular weight is 275 g/mol. The van der Waals surface area contributed by atoms with Crippen LogP contribution in [0.3, 0.4) is 0 Å². The Labute approximate surface area is 105 Å². The zero-order valence-electron chi connectivity index (χ0n) is 10.7. The second-order valence-electron chi connectivity index (χ2n) is 3.89. The van der Waals surface area contributed by atoms with Crippen LogP contribution in [0.25, 0.3) is 0 Å². The molecule has 0 aliphatic heterocycles. The average Bonchev–Trinajstić information content (AvgIpc) is 2.31. The lowest BCUT2D eigenvalue weighted by molar-refractivity contribution is -0.167. The second kappa shape index (κ2) is 9.52. The Hall–Kier alpha value is -0.400. The molecule has 0 rings (SSSR count). The Bertz CT molecular complexity index is 197. The third kappa shape index (κ3) is 7.84. The van der Waals surface area contributed by atoms with Crippen LogP contribution < -0.4 is 5.32 Å². The van der Waals surface area contributed by atoms with Crippen molar-refractivity contribution in [3.05, 3.63) is 0 Å². The van der Waals surface area contributed by atoms with E-state index >= 15 is 0 Å². The number of ether oxygens (including phenoxy) is 2. The summed E-state index contributed by atoms with van der Waals surface area (Å²) >= 11 is 0. The summed E-state index contributed by atoms with van der Waals surface area (Å²) in [5.74, 6) is -4.10. The highest BCUT2D eigenvalue weighted by atomic mass is 19.3. The Morgan fingerprint density at radius 3 is 2.22 bits per heavy atom. The first-order chi connectivity index (χ1) is 8.44. The highest BCUT2D eigenvalue weighted by molar-refractivity contribution is 4.70. The topological polar surface area (TPSA) is 30.5 Å². The van der Waals surface area contributed by atoms with E-state index in [0.717, 1.165) is 6.42 Å². The normalized spacial score (nSPS) is 14.2. The van der Waals surface area contributed by atoms with Crippen molar-refractivity contribution >= 4 is 0 Å². The van der Waals surface area contributed by atoms with E-state index in [4.69, 9.17) is 4.74 Å². The van der Waals surface area contributed by atoms with Gasteiger partial charge in [-0.3, -0.25) is 0 Å². The molecule has 7 heteroatoms. The third-order valence-electron chi connectivity index (χ3n) is 2.14. The van der Waals surface area contributed by atoms with E-state index in [1.807, 2.05) is 13.8 Å².